The van der Waals surface area contributed by atoms with E-state index >= 15 is 0 Å². The zero-order valence-corrected chi connectivity index (χ0v) is 10.8. The van der Waals surface area contributed by atoms with Gasteiger partial charge in [-0.3, -0.25) is 0 Å². The van der Waals surface area contributed by atoms with Gasteiger partial charge in [0.1, 0.15) is 0 Å². The molecule has 1 spiro atoms. The van der Waals surface area contributed by atoms with Crippen LogP contribution in [0.3, 0.4) is 0 Å². The van der Waals surface area contributed by atoms with Crippen LogP contribution in [0.1, 0.15) is 51.9 Å². The summed E-state index contributed by atoms with van der Waals surface area (Å²) in [6.07, 6.45) is 7.58. The van der Waals surface area contributed by atoms with Gasteiger partial charge in [-0.15, -0.1) is 0 Å². The fourth-order valence-electron chi connectivity index (χ4n) is 3.60. The molecule has 3 aliphatic rings. The molecule has 0 amide bonds. The molecule has 17 heavy (non-hydrogen) atoms. The van der Waals surface area contributed by atoms with Crippen molar-refractivity contribution in [1.82, 2.24) is 0 Å². The normalized spacial score (nSPS) is 38.5. The lowest BCUT2D eigenvalue weighted by atomic mass is 9.66. The Morgan fingerprint density at radius 2 is 1.82 bits per heavy atom. The summed E-state index contributed by atoms with van der Waals surface area (Å²) in [5, 5.41) is 10.6. The summed E-state index contributed by atoms with van der Waals surface area (Å²) in [5.74, 6) is 0.265. The Labute approximate surface area is 103 Å². The predicted octanol–water partition coefficient (Wildman–Crippen LogP) is 2.47. The van der Waals surface area contributed by atoms with Gasteiger partial charge in [0.25, 0.3) is 0 Å². The third-order valence-corrected chi connectivity index (χ3v) is 5.06. The number of rotatable bonds is 3. The molecule has 3 fully saturated rings. The molecule has 0 unspecified atom stereocenters. The molecule has 1 N–H and O–H groups in total. The van der Waals surface area contributed by atoms with Gasteiger partial charge >= 0.3 is 0 Å². The molecule has 3 heteroatoms. The van der Waals surface area contributed by atoms with Crippen LogP contribution in [-0.4, -0.2) is 30.2 Å². The molecule has 0 aromatic heterocycles. The Bertz CT molecular complexity index is 281. The zero-order chi connectivity index (χ0) is 11.9. The highest BCUT2D eigenvalue weighted by Crippen LogP contribution is 2.53. The molecular formula is C14H24O3. The van der Waals surface area contributed by atoms with Gasteiger partial charge in [0.2, 0.25) is 0 Å². The number of hydrogen-bond acceptors (Lipinski definition) is 3. The SMILES string of the molecule is C[C@@]1([C@@H](O)CC2CC2)CCCCC12OCCO2. The summed E-state index contributed by atoms with van der Waals surface area (Å²) < 4.78 is 11.9. The molecule has 0 aromatic rings. The summed E-state index contributed by atoms with van der Waals surface area (Å²) in [4.78, 5) is 0. The molecule has 1 saturated heterocycles. The Kier molecular flexibility index (Phi) is 2.96. The second-order valence-corrected chi connectivity index (χ2v) is 6.27. The van der Waals surface area contributed by atoms with E-state index in [0.29, 0.717) is 13.2 Å². The van der Waals surface area contributed by atoms with Crippen molar-refractivity contribution in [2.75, 3.05) is 13.2 Å². The molecule has 3 nitrogen and oxygen atoms in total. The molecule has 1 aliphatic heterocycles. The van der Waals surface area contributed by atoms with Gasteiger partial charge in [0.15, 0.2) is 5.79 Å². The van der Waals surface area contributed by atoms with E-state index in [9.17, 15) is 5.11 Å². The summed E-state index contributed by atoms with van der Waals surface area (Å²) in [5.41, 5.74) is -0.204. The zero-order valence-electron chi connectivity index (χ0n) is 10.8. The van der Waals surface area contributed by atoms with E-state index < -0.39 is 5.79 Å². The Hall–Kier alpha value is -0.120. The average molecular weight is 240 g/mol. The van der Waals surface area contributed by atoms with Crippen LogP contribution in [0.4, 0.5) is 0 Å². The van der Waals surface area contributed by atoms with E-state index in [4.69, 9.17) is 9.47 Å². The lowest BCUT2D eigenvalue weighted by Gasteiger charge is -2.50. The van der Waals surface area contributed by atoms with Crippen LogP contribution in [0, 0.1) is 11.3 Å². The molecule has 3 rings (SSSR count). The number of aliphatic hydroxyl groups is 1. The first-order valence-electron chi connectivity index (χ1n) is 7.12. The highest BCUT2D eigenvalue weighted by Gasteiger charge is 2.57. The predicted molar refractivity (Wildman–Crippen MR) is 64.6 cm³/mol. The molecule has 0 aromatic carbocycles. The second-order valence-electron chi connectivity index (χ2n) is 6.27. The van der Waals surface area contributed by atoms with Crippen molar-refractivity contribution in [2.24, 2.45) is 11.3 Å². The van der Waals surface area contributed by atoms with Crippen LogP contribution in [0.25, 0.3) is 0 Å². The maximum atomic E-state index is 10.6. The number of aliphatic hydroxyl groups excluding tert-OH is 1. The summed E-state index contributed by atoms with van der Waals surface area (Å²) >= 11 is 0. The van der Waals surface area contributed by atoms with Gasteiger partial charge in [-0.2, -0.15) is 0 Å². The van der Waals surface area contributed by atoms with Gasteiger partial charge in [-0.1, -0.05) is 26.2 Å². The topological polar surface area (TPSA) is 38.7 Å². The van der Waals surface area contributed by atoms with E-state index in [0.717, 1.165) is 31.6 Å². The van der Waals surface area contributed by atoms with Crippen LogP contribution < -0.4 is 0 Å². The third-order valence-electron chi connectivity index (χ3n) is 5.06. The minimum Gasteiger partial charge on any atom is -0.392 e. The van der Waals surface area contributed by atoms with Crippen molar-refractivity contribution >= 4 is 0 Å². The largest absolute Gasteiger partial charge is 0.392 e. The smallest absolute Gasteiger partial charge is 0.176 e. The van der Waals surface area contributed by atoms with Crippen molar-refractivity contribution in [3.63, 3.8) is 0 Å². The van der Waals surface area contributed by atoms with Gasteiger partial charge < -0.3 is 14.6 Å². The highest BCUT2D eigenvalue weighted by atomic mass is 16.7. The van der Waals surface area contributed by atoms with E-state index in [1.54, 1.807) is 0 Å². The first-order valence-corrected chi connectivity index (χ1v) is 7.12. The molecule has 1 heterocycles. The van der Waals surface area contributed by atoms with E-state index in [2.05, 4.69) is 6.92 Å². The van der Waals surface area contributed by atoms with Gasteiger partial charge in [0, 0.05) is 11.8 Å². The van der Waals surface area contributed by atoms with Crippen LogP contribution in [0.15, 0.2) is 0 Å². The monoisotopic (exact) mass is 240 g/mol. The number of hydrogen-bond donors (Lipinski definition) is 1. The van der Waals surface area contributed by atoms with Crippen LogP contribution >= 0.6 is 0 Å². The van der Waals surface area contributed by atoms with Gasteiger partial charge in [0.05, 0.1) is 19.3 Å². The van der Waals surface area contributed by atoms with Gasteiger partial charge in [-0.25, -0.2) is 0 Å². The Morgan fingerprint density at radius 1 is 1.18 bits per heavy atom. The van der Waals surface area contributed by atoms with Crippen molar-refractivity contribution in [1.29, 1.82) is 0 Å². The standard InChI is InChI=1S/C14H24O3/c1-13(12(15)10-11-4-5-11)6-2-3-7-14(13)16-8-9-17-14/h11-12,15H,2-10H2,1H3/t12-,13-/m0/s1. The molecular weight excluding hydrogens is 216 g/mol. The number of ether oxygens (including phenoxy) is 2. The maximum Gasteiger partial charge on any atom is 0.176 e. The van der Waals surface area contributed by atoms with Crippen molar-refractivity contribution in [3.05, 3.63) is 0 Å². The van der Waals surface area contributed by atoms with E-state index in [-0.39, 0.29) is 11.5 Å². The van der Waals surface area contributed by atoms with Crippen LogP contribution in [-0.2, 0) is 9.47 Å². The average Bonchev–Trinajstić information content (AvgIpc) is 3.01. The van der Waals surface area contributed by atoms with Crippen molar-refractivity contribution < 1.29 is 14.6 Å². The van der Waals surface area contributed by atoms with Crippen molar-refractivity contribution in [3.8, 4) is 0 Å². The lowest BCUT2D eigenvalue weighted by molar-refractivity contribution is -0.277. The fraction of sp³-hybridized carbons (Fsp3) is 1.00. The highest BCUT2D eigenvalue weighted by molar-refractivity contribution is 5.01. The quantitative estimate of drug-likeness (QED) is 0.823. The summed E-state index contributed by atoms with van der Waals surface area (Å²) in [6, 6.07) is 0. The van der Waals surface area contributed by atoms with E-state index in [1.165, 1.54) is 19.3 Å². The fourth-order valence-corrected chi connectivity index (χ4v) is 3.60. The van der Waals surface area contributed by atoms with E-state index in [1.807, 2.05) is 0 Å². The molecule has 98 valence electrons. The van der Waals surface area contributed by atoms with Crippen LogP contribution in [0.2, 0.25) is 0 Å². The van der Waals surface area contributed by atoms with Crippen molar-refractivity contribution in [2.45, 2.75) is 63.8 Å². The third kappa shape index (κ3) is 1.92. The van der Waals surface area contributed by atoms with Crippen LogP contribution in [0.5, 0.6) is 0 Å². The maximum absolute atomic E-state index is 10.6. The minimum atomic E-state index is -0.487. The summed E-state index contributed by atoms with van der Waals surface area (Å²) in [6.45, 7) is 3.54. The Balaban J connectivity index is 1.79. The Morgan fingerprint density at radius 3 is 2.47 bits per heavy atom. The molecule has 2 aliphatic carbocycles. The lowest BCUT2D eigenvalue weighted by Crippen LogP contribution is -2.56. The first kappa shape index (κ1) is 11.9. The molecule has 2 atom stereocenters. The van der Waals surface area contributed by atoms with Gasteiger partial charge in [-0.05, 0) is 25.2 Å². The molecule has 0 bridgehead atoms. The minimum absolute atomic E-state index is 0.204. The first-order chi connectivity index (χ1) is 8.16. The summed E-state index contributed by atoms with van der Waals surface area (Å²) in [7, 11) is 0. The molecule has 2 saturated carbocycles. The second kappa shape index (κ2) is 4.22. The molecule has 0 radical (unpaired) electrons.